The van der Waals surface area contributed by atoms with Crippen LogP contribution in [0.5, 0.6) is 0 Å². The van der Waals surface area contributed by atoms with E-state index in [1.807, 2.05) is 6.08 Å². The van der Waals surface area contributed by atoms with Gasteiger partial charge in [-0.05, 0) is 122 Å². The molecule has 6 heteroatoms. The van der Waals surface area contributed by atoms with E-state index in [1.165, 1.54) is 109 Å². The molecule has 0 aromatic carbocycles. The van der Waals surface area contributed by atoms with Crippen molar-refractivity contribution in [2.45, 2.75) is 271 Å². The van der Waals surface area contributed by atoms with Gasteiger partial charge in [-0.25, -0.2) is 0 Å². The Morgan fingerprint density at radius 2 is 0.547 bits per heavy atom. The Morgan fingerprint density at radius 3 is 0.893 bits per heavy atom. The molecule has 0 fully saturated rings. The van der Waals surface area contributed by atoms with E-state index < -0.39 is 6.10 Å². The van der Waals surface area contributed by atoms with Gasteiger partial charge in [0.05, 0.1) is 0 Å². The van der Waals surface area contributed by atoms with E-state index in [-0.39, 0.29) is 37.5 Å². The van der Waals surface area contributed by atoms with E-state index in [9.17, 15) is 14.4 Å². The first-order valence-corrected chi connectivity index (χ1v) is 30.7. The molecule has 0 N–H and O–H groups in total. The van der Waals surface area contributed by atoms with Gasteiger partial charge in [-0.3, -0.25) is 14.4 Å². The molecule has 0 saturated carbocycles. The number of hydrogen-bond acceptors (Lipinski definition) is 6. The van der Waals surface area contributed by atoms with E-state index in [0.717, 1.165) is 109 Å². The molecule has 0 aromatic rings. The van der Waals surface area contributed by atoms with Crippen LogP contribution in [0, 0.1) is 0 Å². The van der Waals surface area contributed by atoms with Crippen LogP contribution in [0.25, 0.3) is 0 Å². The van der Waals surface area contributed by atoms with Crippen LogP contribution in [0.2, 0.25) is 0 Å². The summed E-state index contributed by atoms with van der Waals surface area (Å²) in [5, 5.41) is 0. The summed E-state index contributed by atoms with van der Waals surface area (Å²) >= 11 is 0. The summed E-state index contributed by atoms with van der Waals surface area (Å²) in [5.74, 6) is -1.01. The molecule has 0 aliphatic rings. The molecular formula is C69H112O6. The zero-order valence-electron chi connectivity index (χ0n) is 48.5. The normalized spacial score (nSPS) is 13.1. The number of carbonyl (C=O) groups is 3. The van der Waals surface area contributed by atoms with Gasteiger partial charge >= 0.3 is 17.9 Å². The first kappa shape index (κ1) is 70.5. The van der Waals surface area contributed by atoms with Gasteiger partial charge in [0.1, 0.15) is 13.2 Å². The maximum Gasteiger partial charge on any atom is 0.306 e. The summed E-state index contributed by atoms with van der Waals surface area (Å²) in [5.41, 5.74) is 0. The highest BCUT2D eigenvalue weighted by Gasteiger charge is 2.19. The number of ether oxygens (including phenoxy) is 3. The summed E-state index contributed by atoms with van der Waals surface area (Å²) in [6, 6.07) is 0. The van der Waals surface area contributed by atoms with Crippen LogP contribution in [-0.2, 0) is 28.6 Å². The number of esters is 3. The third kappa shape index (κ3) is 60.3. The molecule has 0 aliphatic carbocycles. The van der Waals surface area contributed by atoms with Crippen LogP contribution in [0.1, 0.15) is 265 Å². The standard InChI is InChI=1S/C69H112O6/c1-4-7-10-13-16-19-22-25-27-29-31-33-34-36-37-39-41-44-47-50-53-56-59-62-68(71)74-65-66(64-73-67(70)61-58-55-52-49-46-43-24-21-18-15-12-9-6-3)75-69(72)63-60-57-54-51-48-45-42-40-38-35-32-30-28-26-23-20-17-14-11-8-5-2/h7,9-10,12,16,18-19,21,23,25-27,30-33,36-37,43,46,52,55,66H,4-6,8,11,13-15,17,20,22,24,28-29,34-35,38-42,44-45,47-51,53-54,56-65H2,1-3H3/b10-7-,12-9-,19-16-,21-18-,26-23-,27-25-,32-30-,33-31-,37-36-,46-43-,55-52-. The second-order valence-electron chi connectivity index (χ2n) is 19.8. The minimum atomic E-state index is -0.820. The van der Waals surface area contributed by atoms with Crippen molar-refractivity contribution in [1.29, 1.82) is 0 Å². The summed E-state index contributed by atoms with van der Waals surface area (Å²) < 4.78 is 16.8. The van der Waals surface area contributed by atoms with Crippen molar-refractivity contribution in [2.24, 2.45) is 0 Å². The molecule has 1 unspecified atom stereocenters. The molecular weight excluding hydrogens is 925 g/mol. The zero-order chi connectivity index (χ0) is 54.3. The van der Waals surface area contributed by atoms with Crippen molar-refractivity contribution in [2.75, 3.05) is 13.2 Å². The Bertz CT molecular complexity index is 1620. The zero-order valence-corrected chi connectivity index (χ0v) is 48.5. The van der Waals surface area contributed by atoms with E-state index in [2.05, 4.69) is 148 Å². The molecule has 0 radical (unpaired) electrons. The highest BCUT2D eigenvalue weighted by atomic mass is 16.6. The Kier molecular flexibility index (Phi) is 58.4. The van der Waals surface area contributed by atoms with Crippen molar-refractivity contribution in [1.82, 2.24) is 0 Å². The van der Waals surface area contributed by atoms with Crippen LogP contribution in [-0.4, -0.2) is 37.2 Å². The van der Waals surface area contributed by atoms with Crippen molar-refractivity contribution >= 4 is 17.9 Å². The predicted octanol–water partition coefficient (Wildman–Crippen LogP) is 21.0. The summed E-state index contributed by atoms with van der Waals surface area (Å²) in [4.78, 5) is 38.2. The number of allylic oxidation sites excluding steroid dienone is 22. The third-order valence-electron chi connectivity index (χ3n) is 12.6. The molecule has 6 nitrogen and oxygen atoms in total. The SMILES string of the molecule is CC/C=C\C/C=C\C/C=C\C/C=C\C/C=C\CCCCCCCCCC(=O)OCC(COC(=O)CC/C=C\C/C=C\C/C=C\C/C=C\CC)OC(=O)CCCCCCCCCCC/C=C\C/C=C\CCCCCCC. The Morgan fingerprint density at radius 1 is 0.280 bits per heavy atom. The molecule has 0 saturated heterocycles. The van der Waals surface area contributed by atoms with Gasteiger partial charge in [-0.15, -0.1) is 0 Å². The van der Waals surface area contributed by atoms with Crippen molar-refractivity contribution in [3.8, 4) is 0 Å². The number of unbranched alkanes of at least 4 members (excludes halogenated alkanes) is 21. The average Bonchev–Trinajstić information content (AvgIpc) is 3.41. The van der Waals surface area contributed by atoms with Crippen molar-refractivity contribution < 1.29 is 28.6 Å². The van der Waals surface area contributed by atoms with Crippen molar-refractivity contribution in [3.05, 3.63) is 134 Å². The molecule has 0 aliphatic heterocycles. The Balaban J connectivity index is 4.44. The lowest BCUT2D eigenvalue weighted by atomic mass is 10.1. The van der Waals surface area contributed by atoms with E-state index >= 15 is 0 Å². The second-order valence-corrected chi connectivity index (χ2v) is 19.8. The first-order valence-electron chi connectivity index (χ1n) is 30.7. The monoisotopic (exact) mass is 1040 g/mol. The van der Waals surface area contributed by atoms with Crippen LogP contribution in [0.4, 0.5) is 0 Å². The molecule has 1 atom stereocenters. The van der Waals surface area contributed by atoms with Gasteiger partial charge in [0.25, 0.3) is 0 Å². The van der Waals surface area contributed by atoms with E-state index in [4.69, 9.17) is 14.2 Å². The summed E-state index contributed by atoms with van der Waals surface area (Å²) in [6.45, 7) is 6.33. The molecule has 424 valence electrons. The maximum atomic E-state index is 12.9. The lowest BCUT2D eigenvalue weighted by molar-refractivity contribution is -0.166. The Labute approximate surface area is 462 Å². The predicted molar refractivity (Wildman–Crippen MR) is 325 cm³/mol. The number of rotatable bonds is 54. The van der Waals surface area contributed by atoms with Gasteiger partial charge in [-0.1, -0.05) is 257 Å². The largest absolute Gasteiger partial charge is 0.462 e. The molecule has 0 heterocycles. The van der Waals surface area contributed by atoms with E-state index in [0.29, 0.717) is 19.3 Å². The van der Waals surface area contributed by atoms with Gasteiger partial charge in [0.15, 0.2) is 6.10 Å². The highest BCUT2D eigenvalue weighted by molar-refractivity contribution is 5.71. The number of hydrogen-bond donors (Lipinski definition) is 0. The fourth-order valence-electron chi connectivity index (χ4n) is 8.10. The Hall–Kier alpha value is -4.45. The van der Waals surface area contributed by atoms with Crippen LogP contribution in [0.3, 0.4) is 0 Å². The third-order valence-corrected chi connectivity index (χ3v) is 12.6. The van der Waals surface area contributed by atoms with Gasteiger partial charge in [0, 0.05) is 19.3 Å². The van der Waals surface area contributed by atoms with Crippen LogP contribution in [0.15, 0.2) is 134 Å². The molecule has 0 amide bonds. The fraction of sp³-hybridized carbons (Fsp3) is 0.638. The van der Waals surface area contributed by atoms with Gasteiger partial charge < -0.3 is 14.2 Å². The fourth-order valence-corrected chi connectivity index (χ4v) is 8.10. The minimum Gasteiger partial charge on any atom is -0.462 e. The summed E-state index contributed by atoms with van der Waals surface area (Å²) in [6.07, 6.45) is 87.5. The molecule has 0 aromatic heterocycles. The quantitative estimate of drug-likeness (QED) is 0.0261. The molecule has 0 bridgehead atoms. The topological polar surface area (TPSA) is 78.9 Å². The van der Waals surface area contributed by atoms with Crippen LogP contribution >= 0.6 is 0 Å². The van der Waals surface area contributed by atoms with Gasteiger partial charge in [-0.2, -0.15) is 0 Å². The van der Waals surface area contributed by atoms with Crippen molar-refractivity contribution in [3.63, 3.8) is 0 Å². The summed E-state index contributed by atoms with van der Waals surface area (Å²) in [7, 11) is 0. The average molecular weight is 1040 g/mol. The van der Waals surface area contributed by atoms with E-state index in [1.54, 1.807) is 0 Å². The first-order chi connectivity index (χ1) is 37.0. The number of carbonyl (C=O) groups excluding carboxylic acids is 3. The minimum absolute atomic E-state index is 0.112. The lowest BCUT2D eigenvalue weighted by Gasteiger charge is -2.18. The molecule has 0 rings (SSSR count). The molecule has 0 spiro atoms. The highest BCUT2D eigenvalue weighted by Crippen LogP contribution is 2.15. The smallest absolute Gasteiger partial charge is 0.306 e. The lowest BCUT2D eigenvalue weighted by Crippen LogP contribution is -2.30. The molecule has 75 heavy (non-hydrogen) atoms. The second kappa shape index (κ2) is 62.1. The van der Waals surface area contributed by atoms with Gasteiger partial charge in [0.2, 0.25) is 0 Å². The maximum absolute atomic E-state index is 12.9. The van der Waals surface area contributed by atoms with Crippen LogP contribution < -0.4 is 0 Å².